The number of hydrogen-bond acceptors (Lipinski definition) is 44. The quantitative estimate of drug-likeness (QED) is 0.0236. The average Bonchev–Trinajstić information content (AvgIpc) is 1.73. The maximum atomic E-state index is 11.5. The van der Waals surface area contributed by atoms with Crippen LogP contribution >= 0.6 is 0 Å². The summed E-state index contributed by atoms with van der Waals surface area (Å²) in [5.74, 6) is -4.55. The maximum Gasteiger partial charge on any atom is 0.350 e. The van der Waals surface area contributed by atoms with Gasteiger partial charge in [0, 0.05) is 0 Å². The van der Waals surface area contributed by atoms with Crippen molar-refractivity contribution in [1.29, 1.82) is 0 Å². The van der Waals surface area contributed by atoms with Crippen LogP contribution in [0.5, 0.6) is 0 Å². The zero-order valence-electron chi connectivity index (χ0n) is 89.3. The van der Waals surface area contributed by atoms with Crippen molar-refractivity contribution in [3.63, 3.8) is 0 Å². The Morgan fingerprint density at radius 2 is 0.514 bits per heavy atom. The van der Waals surface area contributed by atoms with Crippen LogP contribution in [0.3, 0.4) is 0 Å². The van der Waals surface area contributed by atoms with Crippen LogP contribution in [0.15, 0.2) is 0 Å². The molecule has 44 heteroatoms. The Bertz CT molecular complexity index is 3520. The van der Waals surface area contributed by atoms with E-state index in [9.17, 15) is 105 Å². The normalized spacial score (nSPS) is 12.3. The van der Waals surface area contributed by atoms with E-state index in [4.69, 9.17) is 42.6 Å². The Balaban J connectivity index is -0.000000193. The first-order chi connectivity index (χ1) is 64.5. The highest BCUT2D eigenvalue weighted by Crippen LogP contribution is 2.27. The van der Waals surface area contributed by atoms with Crippen LogP contribution in [0.2, 0.25) is 0 Å². The minimum atomic E-state index is -1.19. The monoisotopic (exact) mass is 2020 g/mol. The molecule has 0 N–H and O–H groups in total. The van der Waals surface area contributed by atoms with Crippen LogP contribution in [0.4, 0.5) is 0 Å². The Labute approximate surface area is 826 Å². The molecule has 2 aliphatic rings. The van der Waals surface area contributed by atoms with E-state index in [0.29, 0.717) is 51.5 Å². The number of unbranched alkanes of at least 4 members (excludes halogenated alkanes) is 4. The third-order valence-corrected chi connectivity index (χ3v) is 17.4. The number of ether oxygens (including phenoxy) is 22. The topological polar surface area (TPSA) is 579 Å². The van der Waals surface area contributed by atoms with Crippen LogP contribution in [-0.4, -0.2) is 270 Å². The fourth-order valence-corrected chi connectivity index (χ4v) is 7.74. The molecule has 1 unspecified atom stereocenters. The van der Waals surface area contributed by atoms with Crippen molar-refractivity contribution in [3.8, 4) is 0 Å². The third kappa shape index (κ3) is 78.2. The van der Waals surface area contributed by atoms with Gasteiger partial charge in [-0.25, -0.2) is 52.7 Å². The summed E-state index contributed by atoms with van der Waals surface area (Å²) >= 11 is 0. The summed E-state index contributed by atoms with van der Waals surface area (Å²) in [5.41, 5.74) is -12.9. The van der Waals surface area contributed by atoms with Crippen molar-refractivity contribution in [2.45, 2.75) is 412 Å². The first-order valence-electron chi connectivity index (χ1n) is 45.7. The summed E-state index contributed by atoms with van der Waals surface area (Å²) in [7, 11) is 1.23. The minimum absolute atomic E-state index is 0.0111. The lowest BCUT2D eigenvalue weighted by Gasteiger charge is -2.22. The molecule has 44 nitrogen and oxygen atoms in total. The average molecular weight is 2020 g/mol. The number of methoxy groups -OCH3 is 1. The van der Waals surface area contributed by atoms with E-state index < -0.39 is 127 Å². The number of carbonyl (C=O) groups is 22. The van der Waals surface area contributed by atoms with Gasteiger partial charge in [-0.15, -0.1) is 0 Å². The molecule has 0 aromatic heterocycles. The predicted molar refractivity (Wildman–Crippen MR) is 500 cm³/mol. The standard InChI is InChI=1S/C11H20O4.C10H16O4.2C10H18O4.2C9H16O4.C8H12O4.2C8H14O4.C7H12O4.C6H10O4/c1-4-5-6-7-8-14-10(13)11(2,3)15-9-12;1-10(2,13-7-11)9(12)14-8-5-3-4-6-8;1-8(2)5-6-13-9(12)10(3,4)14-7-11;1-5-8(2)6-13-9(12)10(3,4)14-7-11;1-7(2)5-12-8(11)9(3,4)13-6-10;1-4-5-6-12-8(11)9(2,3)13-7-10;1-8(2,11-5-9)7(10)12-6-3-4-6;1-6(2)12-7(10)8(3,4)11-5-9;1-4-5-11-7(10)8(2,3)12-6-9;1-4-10-6(9)7(2,3)11-5-8;1-6(2,10-4-7)5(8)9-3/h9H,4-8H2,1-3H3;7-8H,3-6H2,1-2H3;2*7-8H,5-6H2,1-4H3;6-7H,5H2,1-4H3;7H,4-6H2,1-3H3;5-6H,3-4H2,1-2H3;5-6H,1-4H3;6H,4-5H2,1-3H3;5H,4H2,1-3H3;4H,1-3H3. The van der Waals surface area contributed by atoms with Gasteiger partial charge in [0.2, 0.25) is 61.6 Å². The molecule has 2 fully saturated rings. The van der Waals surface area contributed by atoms with E-state index in [2.05, 4.69) is 68.5 Å². The number of rotatable bonds is 55. The van der Waals surface area contributed by atoms with E-state index in [1.807, 2.05) is 55.4 Å². The van der Waals surface area contributed by atoms with Gasteiger partial charge in [-0.05, 0) is 255 Å². The molecule has 0 aromatic rings. The highest BCUT2D eigenvalue weighted by atomic mass is 16.7. The fraction of sp³-hybridized carbons (Fsp3) is 0.771. The number of carbonyl (C=O) groups excluding carboxylic acids is 22. The highest BCUT2D eigenvalue weighted by molar-refractivity contribution is 5.85. The molecule has 0 spiro atoms. The lowest BCUT2D eigenvalue weighted by molar-refractivity contribution is -0.175. The van der Waals surface area contributed by atoms with Crippen molar-refractivity contribution in [2.75, 3.05) is 53.4 Å². The molecule has 0 bridgehead atoms. The SMILES string of the molecule is CC(C)(OC=O)C(=O)OC1CC1.CC(C)(OC=O)C(=O)OC1CCCC1.CC(C)CCOC(=O)C(C)(C)OC=O.CC(C)COC(=O)C(C)(C)OC=O.CC(C)OC(=O)C(C)(C)OC=O.CCC(C)COC(=O)C(C)(C)OC=O.CCCCCCOC(=O)C(C)(C)OC=O.CCCCOC(=O)C(C)(C)OC=O.CCCOC(=O)C(C)(C)OC=O.CCOC(=O)C(C)(C)OC=O.COC(=O)C(C)(C)OC=O. The van der Waals surface area contributed by atoms with Gasteiger partial charge in [-0.1, -0.05) is 94.4 Å². The molecule has 0 radical (unpaired) electrons. The predicted octanol–water partition coefficient (Wildman–Crippen LogP) is 12.0. The Kier molecular flexibility index (Phi) is 82.5. The largest absolute Gasteiger partial charge is 0.466 e. The van der Waals surface area contributed by atoms with Crippen molar-refractivity contribution in [2.24, 2.45) is 17.8 Å². The Hall–Kier alpha value is -11.7. The lowest BCUT2D eigenvalue weighted by atomic mass is 10.1. The first kappa shape index (κ1) is 146. The second-order valence-corrected chi connectivity index (χ2v) is 36.8. The summed E-state index contributed by atoms with van der Waals surface area (Å²) < 4.78 is 104. The lowest BCUT2D eigenvalue weighted by Crippen LogP contribution is -2.38. The smallest absolute Gasteiger partial charge is 0.350 e. The number of hydrogen-bond donors (Lipinski definition) is 0. The zero-order chi connectivity index (χ0) is 111. The van der Waals surface area contributed by atoms with Gasteiger partial charge in [0.25, 0.3) is 71.2 Å². The van der Waals surface area contributed by atoms with Gasteiger partial charge in [0.1, 0.15) is 12.2 Å². The van der Waals surface area contributed by atoms with Crippen molar-refractivity contribution < 1.29 is 210 Å². The van der Waals surface area contributed by atoms with Crippen molar-refractivity contribution in [3.05, 3.63) is 0 Å². The number of esters is 11. The molecule has 140 heavy (non-hydrogen) atoms. The van der Waals surface area contributed by atoms with Gasteiger partial charge in [0.15, 0.2) is 0 Å². The summed E-state index contributed by atoms with van der Waals surface area (Å²) in [4.78, 5) is 233. The zero-order valence-corrected chi connectivity index (χ0v) is 89.3. The van der Waals surface area contributed by atoms with E-state index >= 15 is 0 Å². The minimum Gasteiger partial charge on any atom is -0.466 e. The van der Waals surface area contributed by atoms with Crippen LogP contribution in [-0.2, 0) is 210 Å². The molecule has 1 atom stereocenters. The van der Waals surface area contributed by atoms with Crippen molar-refractivity contribution in [1.82, 2.24) is 0 Å². The summed E-state index contributed by atoms with van der Waals surface area (Å²) in [6.45, 7) is 61.1. The molecule has 2 saturated carbocycles. The van der Waals surface area contributed by atoms with Gasteiger partial charge in [0.05, 0.1) is 59.5 Å². The Morgan fingerprint density at radius 3 is 0.764 bits per heavy atom. The van der Waals surface area contributed by atoms with Crippen LogP contribution in [0, 0.1) is 17.8 Å². The van der Waals surface area contributed by atoms with E-state index in [1.54, 1.807) is 20.8 Å². The van der Waals surface area contributed by atoms with Crippen molar-refractivity contribution >= 4 is 137 Å². The van der Waals surface area contributed by atoms with Gasteiger partial charge in [-0.2, -0.15) is 0 Å². The second-order valence-electron chi connectivity index (χ2n) is 36.8. The molecule has 0 heterocycles. The summed E-state index contributed by atoms with van der Waals surface area (Å²) in [5, 5.41) is 0. The Morgan fingerprint density at radius 1 is 0.264 bits per heavy atom. The highest BCUT2D eigenvalue weighted by Gasteiger charge is 2.40. The molecule has 0 amide bonds. The molecular formula is C96H166O44. The first-order valence-corrected chi connectivity index (χ1v) is 45.7. The third-order valence-electron chi connectivity index (χ3n) is 17.4. The molecule has 0 aromatic carbocycles. The van der Waals surface area contributed by atoms with Crippen LogP contribution in [0.1, 0.15) is 332 Å². The second kappa shape index (κ2) is 79.1. The van der Waals surface area contributed by atoms with Crippen LogP contribution < -0.4 is 0 Å². The van der Waals surface area contributed by atoms with E-state index in [0.717, 1.165) is 96.3 Å². The van der Waals surface area contributed by atoms with E-state index in [1.165, 1.54) is 159 Å². The molecule has 2 rings (SSSR count). The molecule has 814 valence electrons. The van der Waals surface area contributed by atoms with Gasteiger partial charge in [-0.3, -0.25) is 52.7 Å². The molecule has 2 aliphatic carbocycles. The maximum absolute atomic E-state index is 11.5. The fourth-order valence-electron chi connectivity index (χ4n) is 7.74. The summed E-state index contributed by atoms with van der Waals surface area (Å²) in [6.07, 6.45) is 14.2. The molecule has 0 saturated heterocycles. The van der Waals surface area contributed by atoms with Gasteiger partial charge >= 0.3 is 65.7 Å². The molecular weight excluding hydrogens is 1860 g/mol. The van der Waals surface area contributed by atoms with Crippen LogP contribution in [0.25, 0.3) is 0 Å². The summed E-state index contributed by atoms with van der Waals surface area (Å²) in [6, 6.07) is 0. The molecule has 0 aliphatic heterocycles. The van der Waals surface area contributed by atoms with E-state index in [-0.39, 0.29) is 102 Å². The van der Waals surface area contributed by atoms with Gasteiger partial charge < -0.3 is 104 Å².